The molecule has 0 aliphatic carbocycles. The van der Waals surface area contributed by atoms with Crippen LogP contribution in [0.2, 0.25) is 0 Å². The van der Waals surface area contributed by atoms with Crippen molar-refractivity contribution < 1.29 is 18.1 Å². The molecule has 0 spiro atoms. The Morgan fingerprint density at radius 2 is 2.05 bits per heavy atom. The molecule has 1 aromatic rings. The van der Waals surface area contributed by atoms with Crippen LogP contribution in [-0.2, 0) is 14.8 Å². The Bertz CT molecular complexity index is 614. The minimum Gasteiger partial charge on any atom is -0.381 e. The topological polar surface area (TPSA) is 98.5 Å². The van der Waals surface area contributed by atoms with Crippen molar-refractivity contribution in [2.75, 3.05) is 19.8 Å². The third kappa shape index (κ3) is 5.36. The van der Waals surface area contributed by atoms with Crippen molar-refractivity contribution in [1.82, 2.24) is 4.72 Å². The van der Waals surface area contributed by atoms with E-state index in [-0.39, 0.29) is 11.4 Å². The van der Waals surface area contributed by atoms with Crippen LogP contribution < -0.4 is 4.72 Å². The van der Waals surface area contributed by atoms with E-state index < -0.39 is 20.6 Å². The lowest BCUT2D eigenvalue weighted by atomic mass is 10.2. The van der Waals surface area contributed by atoms with Crippen LogP contribution in [0.5, 0.6) is 0 Å². The predicted molar refractivity (Wildman–Crippen MR) is 83.3 cm³/mol. The summed E-state index contributed by atoms with van der Waals surface area (Å²) in [6.07, 6.45) is 0.506. The molecule has 0 saturated carbocycles. The molecule has 1 aromatic carbocycles. The van der Waals surface area contributed by atoms with E-state index in [1.165, 1.54) is 25.1 Å². The van der Waals surface area contributed by atoms with Crippen molar-refractivity contribution in [1.29, 1.82) is 0 Å². The van der Waals surface area contributed by atoms with Crippen molar-refractivity contribution >= 4 is 15.7 Å². The number of nitrogens with zero attached hydrogens (tertiary/aromatic N) is 1. The van der Waals surface area contributed by atoms with Gasteiger partial charge in [-0.25, -0.2) is 13.1 Å². The molecule has 8 heteroatoms. The molecule has 0 aliphatic heterocycles. The summed E-state index contributed by atoms with van der Waals surface area (Å²) in [6.45, 7) is 6.83. The Hall–Kier alpha value is -1.51. The average Bonchev–Trinajstić information content (AvgIpc) is 2.41. The zero-order valence-electron chi connectivity index (χ0n) is 13.0. The summed E-state index contributed by atoms with van der Waals surface area (Å²) in [6, 6.07) is 4.19. The van der Waals surface area contributed by atoms with Crippen LogP contribution in [0.3, 0.4) is 0 Å². The molecule has 0 fully saturated rings. The summed E-state index contributed by atoms with van der Waals surface area (Å²) >= 11 is 0. The molecule has 7 nitrogen and oxygen atoms in total. The Morgan fingerprint density at radius 1 is 1.36 bits per heavy atom. The number of benzene rings is 1. The highest BCUT2D eigenvalue weighted by Gasteiger charge is 2.27. The summed E-state index contributed by atoms with van der Waals surface area (Å²) in [5.41, 5.74) is -0.0682. The molecule has 22 heavy (non-hydrogen) atoms. The van der Waals surface area contributed by atoms with Gasteiger partial charge in [-0.2, -0.15) is 0 Å². The van der Waals surface area contributed by atoms with Gasteiger partial charge in [0.15, 0.2) is 4.90 Å². The van der Waals surface area contributed by atoms with Crippen LogP contribution in [0.4, 0.5) is 5.69 Å². The Kier molecular flexibility index (Phi) is 6.92. The van der Waals surface area contributed by atoms with E-state index in [1.807, 2.05) is 13.8 Å². The Labute approximate surface area is 130 Å². The SMILES string of the molecule is Cc1cccc([N+](=O)[O-])c1S(=O)(=O)NCCCOCC(C)C. The van der Waals surface area contributed by atoms with Gasteiger partial charge in [0.2, 0.25) is 10.0 Å². The van der Waals surface area contributed by atoms with Gasteiger partial charge in [-0.1, -0.05) is 26.0 Å². The van der Waals surface area contributed by atoms with E-state index in [9.17, 15) is 18.5 Å². The van der Waals surface area contributed by atoms with Gasteiger partial charge in [0.25, 0.3) is 5.69 Å². The quantitative estimate of drug-likeness (QED) is 0.425. The summed E-state index contributed by atoms with van der Waals surface area (Å²) in [4.78, 5) is 10.0. The number of ether oxygens (including phenoxy) is 1. The fourth-order valence-electron chi connectivity index (χ4n) is 1.90. The molecule has 0 radical (unpaired) electrons. The van der Waals surface area contributed by atoms with Crippen molar-refractivity contribution in [3.8, 4) is 0 Å². The van der Waals surface area contributed by atoms with Crippen molar-refractivity contribution in [2.24, 2.45) is 5.92 Å². The first-order valence-electron chi connectivity index (χ1n) is 7.07. The molecule has 0 aromatic heterocycles. The summed E-state index contributed by atoms with van der Waals surface area (Å²) in [7, 11) is -3.92. The minimum absolute atomic E-state index is 0.173. The second-order valence-electron chi connectivity index (χ2n) is 5.40. The standard InChI is InChI=1S/C14H22N2O5S/c1-11(2)10-21-9-5-8-15-22(19,20)14-12(3)6-4-7-13(14)16(17)18/h4,6-7,11,15H,5,8-10H2,1-3H3. The maximum absolute atomic E-state index is 12.3. The molecule has 0 atom stereocenters. The molecule has 1 N–H and O–H groups in total. The molecular formula is C14H22N2O5S. The van der Waals surface area contributed by atoms with Crippen molar-refractivity contribution in [3.63, 3.8) is 0 Å². The van der Waals surface area contributed by atoms with Gasteiger partial charge < -0.3 is 4.74 Å². The van der Waals surface area contributed by atoms with Gasteiger partial charge >= 0.3 is 0 Å². The molecule has 0 saturated heterocycles. The van der Waals surface area contributed by atoms with E-state index in [0.29, 0.717) is 31.1 Å². The van der Waals surface area contributed by atoms with Crippen LogP contribution in [0.25, 0.3) is 0 Å². The smallest absolute Gasteiger partial charge is 0.289 e. The fourth-order valence-corrected chi connectivity index (χ4v) is 3.37. The average molecular weight is 330 g/mol. The zero-order chi connectivity index (χ0) is 16.8. The summed E-state index contributed by atoms with van der Waals surface area (Å²) in [5.74, 6) is 0.423. The molecule has 0 aliphatic rings. The van der Waals surface area contributed by atoms with E-state index >= 15 is 0 Å². The van der Waals surface area contributed by atoms with Crippen LogP contribution in [0.1, 0.15) is 25.8 Å². The maximum atomic E-state index is 12.3. The largest absolute Gasteiger partial charge is 0.381 e. The first kappa shape index (κ1) is 18.5. The van der Waals surface area contributed by atoms with E-state index in [2.05, 4.69) is 4.72 Å². The molecule has 0 amide bonds. The fraction of sp³-hybridized carbons (Fsp3) is 0.571. The number of sulfonamides is 1. The number of hydrogen-bond donors (Lipinski definition) is 1. The van der Waals surface area contributed by atoms with Crippen molar-refractivity contribution in [2.45, 2.75) is 32.1 Å². The normalized spacial score (nSPS) is 11.8. The molecule has 124 valence electrons. The van der Waals surface area contributed by atoms with Crippen molar-refractivity contribution in [3.05, 3.63) is 33.9 Å². The number of nitro benzene ring substituents is 1. The number of nitrogens with one attached hydrogen (secondary N) is 1. The van der Waals surface area contributed by atoms with Crippen LogP contribution >= 0.6 is 0 Å². The second kappa shape index (κ2) is 8.21. The molecule has 1 rings (SSSR count). The Balaban J connectivity index is 2.70. The zero-order valence-corrected chi connectivity index (χ0v) is 13.9. The molecular weight excluding hydrogens is 308 g/mol. The summed E-state index contributed by atoms with van der Waals surface area (Å²) in [5, 5.41) is 11.0. The van der Waals surface area contributed by atoms with Gasteiger partial charge in [0.1, 0.15) is 0 Å². The second-order valence-corrected chi connectivity index (χ2v) is 7.10. The number of rotatable bonds is 9. The van der Waals surface area contributed by atoms with E-state index in [1.54, 1.807) is 0 Å². The Morgan fingerprint density at radius 3 is 2.64 bits per heavy atom. The first-order chi connectivity index (χ1) is 10.3. The van der Waals surface area contributed by atoms with Crippen LogP contribution in [-0.4, -0.2) is 33.1 Å². The van der Waals surface area contributed by atoms with Gasteiger partial charge in [-0.05, 0) is 24.8 Å². The first-order valence-corrected chi connectivity index (χ1v) is 8.55. The van der Waals surface area contributed by atoms with Crippen LogP contribution in [0, 0.1) is 23.0 Å². The van der Waals surface area contributed by atoms with E-state index in [4.69, 9.17) is 4.74 Å². The number of hydrogen-bond acceptors (Lipinski definition) is 5. The molecule has 0 heterocycles. The van der Waals surface area contributed by atoms with E-state index in [0.717, 1.165) is 0 Å². The minimum atomic E-state index is -3.92. The van der Waals surface area contributed by atoms with Gasteiger partial charge in [-0.3, -0.25) is 10.1 Å². The molecule has 0 unspecified atom stereocenters. The van der Waals surface area contributed by atoms with Gasteiger partial charge in [-0.15, -0.1) is 0 Å². The van der Waals surface area contributed by atoms with Gasteiger partial charge in [0.05, 0.1) is 4.92 Å². The maximum Gasteiger partial charge on any atom is 0.289 e. The van der Waals surface area contributed by atoms with Crippen LogP contribution in [0.15, 0.2) is 23.1 Å². The monoisotopic (exact) mass is 330 g/mol. The lowest BCUT2D eigenvalue weighted by Gasteiger charge is -2.10. The third-order valence-corrected chi connectivity index (χ3v) is 4.52. The number of nitro groups is 1. The van der Waals surface area contributed by atoms with Gasteiger partial charge in [0, 0.05) is 25.8 Å². The summed E-state index contributed by atoms with van der Waals surface area (Å²) < 4.78 is 32.3. The highest BCUT2D eigenvalue weighted by molar-refractivity contribution is 7.89. The lowest BCUT2D eigenvalue weighted by molar-refractivity contribution is -0.387. The number of aryl methyl sites for hydroxylation is 1. The highest BCUT2D eigenvalue weighted by atomic mass is 32.2. The lowest BCUT2D eigenvalue weighted by Crippen LogP contribution is -2.27. The predicted octanol–water partition coefficient (Wildman–Crippen LogP) is 2.24. The third-order valence-electron chi connectivity index (χ3n) is 2.87. The molecule has 0 bridgehead atoms. The highest BCUT2D eigenvalue weighted by Crippen LogP contribution is 2.26.